The molecule has 18 heavy (non-hydrogen) atoms. The Morgan fingerprint density at radius 2 is 1.39 bits per heavy atom. The van der Waals surface area contributed by atoms with Gasteiger partial charge in [0.2, 0.25) is 0 Å². The predicted octanol–water partition coefficient (Wildman–Crippen LogP) is 4.87. The van der Waals surface area contributed by atoms with Gasteiger partial charge in [0.15, 0.2) is 0 Å². The van der Waals surface area contributed by atoms with Crippen LogP contribution in [0.5, 0.6) is 5.75 Å². The van der Waals surface area contributed by atoms with Crippen LogP contribution in [0.25, 0.3) is 21.9 Å². The van der Waals surface area contributed by atoms with E-state index in [-0.39, 0.29) is 5.75 Å². The zero-order chi connectivity index (χ0) is 12.5. The highest BCUT2D eigenvalue weighted by atomic mass is 35.5. The molecule has 0 saturated heterocycles. The van der Waals surface area contributed by atoms with E-state index in [1.165, 1.54) is 0 Å². The van der Waals surface area contributed by atoms with Gasteiger partial charge in [0.1, 0.15) is 5.75 Å². The van der Waals surface area contributed by atoms with Gasteiger partial charge < -0.3 is 5.11 Å². The second-order valence-electron chi connectivity index (χ2n) is 4.19. The Kier molecular flexibility index (Phi) is 2.69. The van der Waals surface area contributed by atoms with Gasteiger partial charge >= 0.3 is 0 Å². The molecule has 0 aliphatic carbocycles. The van der Waals surface area contributed by atoms with Crippen molar-refractivity contribution in [2.75, 3.05) is 0 Å². The molecular formula is C16H11ClO. The van der Waals surface area contributed by atoms with Crippen molar-refractivity contribution in [3.8, 4) is 16.9 Å². The highest BCUT2D eigenvalue weighted by molar-refractivity contribution is 6.36. The van der Waals surface area contributed by atoms with Crippen LogP contribution in [0.4, 0.5) is 0 Å². The standard InChI is InChI=1S/C16H11ClO/c17-16-10-9-13(11-5-7-12(18)8-6-11)14-3-1-2-4-15(14)16/h1-10,18H. The Morgan fingerprint density at radius 3 is 2.11 bits per heavy atom. The zero-order valence-corrected chi connectivity index (χ0v) is 10.4. The van der Waals surface area contributed by atoms with E-state index in [2.05, 4.69) is 6.07 Å². The third-order valence-corrected chi connectivity index (χ3v) is 3.38. The van der Waals surface area contributed by atoms with Crippen molar-refractivity contribution in [1.29, 1.82) is 0 Å². The fourth-order valence-corrected chi connectivity index (χ4v) is 2.38. The maximum atomic E-state index is 9.34. The van der Waals surface area contributed by atoms with E-state index in [9.17, 15) is 5.11 Å². The van der Waals surface area contributed by atoms with Crippen molar-refractivity contribution >= 4 is 22.4 Å². The average Bonchev–Trinajstić information content (AvgIpc) is 2.41. The molecule has 0 amide bonds. The maximum absolute atomic E-state index is 9.34. The first-order chi connectivity index (χ1) is 8.75. The monoisotopic (exact) mass is 254 g/mol. The van der Waals surface area contributed by atoms with E-state index in [0.29, 0.717) is 0 Å². The fourth-order valence-electron chi connectivity index (χ4n) is 2.16. The number of fused-ring (bicyclic) bond motifs is 1. The molecule has 0 saturated carbocycles. The highest BCUT2D eigenvalue weighted by Gasteiger charge is 2.06. The highest BCUT2D eigenvalue weighted by Crippen LogP contribution is 2.33. The fraction of sp³-hybridized carbons (Fsp3) is 0. The molecule has 88 valence electrons. The number of rotatable bonds is 1. The maximum Gasteiger partial charge on any atom is 0.115 e. The molecule has 0 aliphatic heterocycles. The first kappa shape index (κ1) is 11.1. The Hall–Kier alpha value is -1.99. The summed E-state index contributed by atoms with van der Waals surface area (Å²) in [5.74, 6) is 0.275. The smallest absolute Gasteiger partial charge is 0.115 e. The minimum atomic E-state index is 0.275. The van der Waals surface area contributed by atoms with Crippen molar-refractivity contribution in [3.63, 3.8) is 0 Å². The first-order valence-electron chi connectivity index (χ1n) is 5.72. The molecule has 1 nitrogen and oxygen atoms in total. The molecule has 0 bridgehead atoms. The van der Waals surface area contributed by atoms with Gasteiger partial charge in [-0.15, -0.1) is 0 Å². The van der Waals surface area contributed by atoms with Crippen LogP contribution in [0.15, 0.2) is 60.7 Å². The summed E-state index contributed by atoms with van der Waals surface area (Å²) in [6, 6.07) is 19.2. The first-order valence-corrected chi connectivity index (χ1v) is 6.10. The molecule has 0 aliphatic rings. The van der Waals surface area contributed by atoms with Crippen LogP contribution < -0.4 is 0 Å². The van der Waals surface area contributed by atoms with Crippen LogP contribution in [-0.4, -0.2) is 5.11 Å². The average molecular weight is 255 g/mol. The summed E-state index contributed by atoms with van der Waals surface area (Å²) < 4.78 is 0. The Balaban J connectivity index is 2.30. The number of phenols is 1. The molecule has 0 unspecified atom stereocenters. The summed E-state index contributed by atoms with van der Waals surface area (Å²) in [7, 11) is 0. The molecule has 0 aromatic heterocycles. The summed E-state index contributed by atoms with van der Waals surface area (Å²) in [6.07, 6.45) is 0. The van der Waals surface area contributed by atoms with Gasteiger partial charge in [-0.3, -0.25) is 0 Å². The van der Waals surface area contributed by atoms with E-state index >= 15 is 0 Å². The Labute approximate surface area is 110 Å². The number of benzene rings is 3. The van der Waals surface area contributed by atoms with Crippen molar-refractivity contribution in [2.45, 2.75) is 0 Å². The van der Waals surface area contributed by atoms with E-state index in [1.807, 2.05) is 42.5 Å². The molecular weight excluding hydrogens is 244 g/mol. The zero-order valence-electron chi connectivity index (χ0n) is 9.60. The molecule has 1 N–H and O–H groups in total. The SMILES string of the molecule is Oc1ccc(-c2ccc(Cl)c3ccccc23)cc1. The van der Waals surface area contributed by atoms with Gasteiger partial charge in [0.05, 0.1) is 0 Å². The second-order valence-corrected chi connectivity index (χ2v) is 4.59. The van der Waals surface area contributed by atoms with Gasteiger partial charge in [-0.1, -0.05) is 54.1 Å². The van der Waals surface area contributed by atoms with Crippen molar-refractivity contribution < 1.29 is 5.11 Å². The third kappa shape index (κ3) is 1.83. The van der Waals surface area contributed by atoms with Gasteiger partial charge in [0, 0.05) is 10.4 Å². The largest absolute Gasteiger partial charge is 0.508 e. The summed E-state index contributed by atoms with van der Waals surface area (Å²) in [5, 5.41) is 12.3. The normalized spacial score (nSPS) is 10.7. The lowest BCUT2D eigenvalue weighted by atomic mass is 9.98. The molecule has 3 aromatic rings. The van der Waals surface area contributed by atoms with E-state index in [1.54, 1.807) is 12.1 Å². The molecule has 2 heteroatoms. The Bertz CT molecular complexity index is 702. The predicted molar refractivity (Wildman–Crippen MR) is 76.1 cm³/mol. The summed E-state index contributed by atoms with van der Waals surface area (Å²) in [5.41, 5.74) is 2.19. The lowest BCUT2D eigenvalue weighted by Crippen LogP contribution is -1.82. The van der Waals surface area contributed by atoms with Crippen LogP contribution in [-0.2, 0) is 0 Å². The van der Waals surface area contributed by atoms with Crippen LogP contribution in [0.3, 0.4) is 0 Å². The second kappa shape index (κ2) is 4.35. The van der Waals surface area contributed by atoms with Gasteiger partial charge in [0.25, 0.3) is 0 Å². The van der Waals surface area contributed by atoms with Crippen molar-refractivity contribution in [2.24, 2.45) is 0 Å². The number of phenolic OH excluding ortho intramolecular Hbond substituents is 1. The quantitative estimate of drug-likeness (QED) is 0.657. The topological polar surface area (TPSA) is 20.2 Å². The van der Waals surface area contributed by atoms with E-state index < -0.39 is 0 Å². The minimum absolute atomic E-state index is 0.275. The lowest BCUT2D eigenvalue weighted by Gasteiger charge is -2.08. The van der Waals surface area contributed by atoms with Crippen LogP contribution in [0, 0.1) is 0 Å². The van der Waals surface area contributed by atoms with E-state index in [4.69, 9.17) is 11.6 Å². The van der Waals surface area contributed by atoms with Crippen LogP contribution >= 0.6 is 11.6 Å². The van der Waals surface area contributed by atoms with Crippen molar-refractivity contribution in [1.82, 2.24) is 0 Å². The van der Waals surface area contributed by atoms with Crippen LogP contribution in [0.1, 0.15) is 0 Å². The number of aromatic hydroxyl groups is 1. The molecule has 0 heterocycles. The van der Waals surface area contributed by atoms with Crippen molar-refractivity contribution in [3.05, 3.63) is 65.7 Å². The number of hydrogen-bond acceptors (Lipinski definition) is 1. The molecule has 3 aromatic carbocycles. The number of halogens is 1. The molecule has 0 radical (unpaired) electrons. The van der Waals surface area contributed by atoms with Crippen LogP contribution in [0.2, 0.25) is 5.02 Å². The van der Waals surface area contributed by atoms with E-state index in [0.717, 1.165) is 26.9 Å². The van der Waals surface area contributed by atoms with Gasteiger partial charge in [-0.05, 0) is 34.7 Å². The van der Waals surface area contributed by atoms with Gasteiger partial charge in [-0.25, -0.2) is 0 Å². The summed E-state index contributed by atoms with van der Waals surface area (Å²) >= 11 is 6.20. The lowest BCUT2D eigenvalue weighted by molar-refractivity contribution is 0.475. The number of hydrogen-bond donors (Lipinski definition) is 1. The Morgan fingerprint density at radius 1 is 0.722 bits per heavy atom. The third-order valence-electron chi connectivity index (χ3n) is 3.05. The minimum Gasteiger partial charge on any atom is -0.508 e. The summed E-state index contributed by atoms with van der Waals surface area (Å²) in [4.78, 5) is 0. The summed E-state index contributed by atoms with van der Waals surface area (Å²) in [6.45, 7) is 0. The van der Waals surface area contributed by atoms with Gasteiger partial charge in [-0.2, -0.15) is 0 Å². The molecule has 0 atom stereocenters. The molecule has 0 spiro atoms. The molecule has 0 fully saturated rings. The molecule has 3 rings (SSSR count).